The van der Waals surface area contributed by atoms with E-state index in [-0.39, 0.29) is 23.9 Å². The number of ether oxygens (including phenoxy) is 1. The predicted octanol–water partition coefficient (Wildman–Crippen LogP) is 5.33. The molecule has 8 nitrogen and oxygen atoms in total. The van der Waals surface area contributed by atoms with Gasteiger partial charge in [0.05, 0.1) is 51.0 Å². The van der Waals surface area contributed by atoms with E-state index in [1.807, 2.05) is 56.1 Å². The molecule has 0 N–H and O–H groups in total. The summed E-state index contributed by atoms with van der Waals surface area (Å²) in [4.78, 5) is 15.0. The van der Waals surface area contributed by atoms with E-state index in [4.69, 9.17) is 16.3 Å². The summed E-state index contributed by atoms with van der Waals surface area (Å²) in [6, 6.07) is 12.2. The third-order valence-electron chi connectivity index (χ3n) is 6.81. The number of morpholine rings is 1. The van der Waals surface area contributed by atoms with Gasteiger partial charge in [0.2, 0.25) is 0 Å². The van der Waals surface area contributed by atoms with Crippen LogP contribution in [0.25, 0.3) is 5.69 Å². The first-order valence-corrected chi connectivity index (χ1v) is 13.5. The Hall–Kier alpha value is -3.08. The molecule has 4 aromatic rings. The highest BCUT2D eigenvalue weighted by Crippen LogP contribution is 2.25. The number of carbonyl (C=O) groups excluding carboxylic acids is 1. The Balaban J connectivity index is 1.22. The summed E-state index contributed by atoms with van der Waals surface area (Å²) >= 11 is 9.51. The molecule has 1 saturated heterocycles. The van der Waals surface area contributed by atoms with E-state index in [0.717, 1.165) is 28.3 Å². The zero-order valence-electron chi connectivity index (χ0n) is 21.2. The Bertz CT molecular complexity index is 1470. The lowest BCUT2D eigenvalue weighted by Crippen LogP contribution is -2.46. The molecule has 2 aromatic heterocycles. The van der Waals surface area contributed by atoms with Gasteiger partial charge in [0.1, 0.15) is 5.82 Å². The number of nitrogens with zero attached hydrogens (tertiary/aromatic N) is 6. The number of benzene rings is 2. The van der Waals surface area contributed by atoms with Gasteiger partial charge in [0, 0.05) is 31.3 Å². The quantitative estimate of drug-likeness (QED) is 0.299. The summed E-state index contributed by atoms with van der Waals surface area (Å²) in [5.74, 6) is -0.354. The van der Waals surface area contributed by atoms with Crippen molar-refractivity contribution in [3.8, 4) is 5.69 Å². The number of aryl methyl sites for hydroxylation is 1. The lowest BCUT2D eigenvalue weighted by Gasteiger charge is -2.32. The van der Waals surface area contributed by atoms with Crippen LogP contribution in [0, 0.1) is 19.7 Å². The Morgan fingerprint density at radius 1 is 1.24 bits per heavy atom. The third kappa shape index (κ3) is 5.39. The molecule has 1 amide bonds. The molecule has 3 heterocycles. The molecule has 2 atom stereocenters. The highest BCUT2D eigenvalue weighted by Gasteiger charge is 2.26. The van der Waals surface area contributed by atoms with Crippen LogP contribution in [0.3, 0.4) is 0 Å². The summed E-state index contributed by atoms with van der Waals surface area (Å²) in [6.45, 7) is 7.19. The summed E-state index contributed by atoms with van der Waals surface area (Å²) in [7, 11) is 0. The molecule has 0 aliphatic carbocycles. The van der Waals surface area contributed by atoms with Crippen molar-refractivity contribution in [3.05, 3.63) is 92.2 Å². The van der Waals surface area contributed by atoms with E-state index in [9.17, 15) is 9.18 Å². The number of amides is 1. The van der Waals surface area contributed by atoms with E-state index in [1.54, 1.807) is 21.5 Å². The van der Waals surface area contributed by atoms with E-state index < -0.39 is 0 Å². The van der Waals surface area contributed by atoms with E-state index >= 15 is 0 Å². The maximum atomic E-state index is 13.6. The van der Waals surface area contributed by atoms with Crippen molar-refractivity contribution in [3.63, 3.8) is 0 Å². The zero-order valence-corrected chi connectivity index (χ0v) is 23.6. The van der Waals surface area contributed by atoms with Gasteiger partial charge in [0.15, 0.2) is 0 Å². The standard InChI is InChI=1S/C27H27BrClFN6O2/c1-16-26(29)18(3)36(32-16)22-7-4-19(5-8-22)27(37)34-10-11-38-23(15-34)13-21-14-35(33-31-21)17(2)20-6-9-25(30)24(28)12-20/h4-9,12,14,17,23H,10-11,13,15H2,1-3H3/t17-,23?/m1/s1. The Morgan fingerprint density at radius 2 is 2.00 bits per heavy atom. The van der Waals surface area contributed by atoms with Gasteiger partial charge < -0.3 is 9.64 Å². The molecule has 198 valence electrons. The molecule has 2 aromatic carbocycles. The van der Waals surface area contributed by atoms with Crippen LogP contribution in [0.5, 0.6) is 0 Å². The number of carbonyl (C=O) groups is 1. The summed E-state index contributed by atoms with van der Waals surface area (Å²) in [5.41, 5.74) is 4.75. The molecule has 1 fully saturated rings. The van der Waals surface area contributed by atoms with Gasteiger partial charge >= 0.3 is 0 Å². The normalized spacial score (nSPS) is 16.6. The van der Waals surface area contributed by atoms with Crippen LogP contribution in [-0.2, 0) is 11.2 Å². The maximum Gasteiger partial charge on any atom is 0.254 e. The van der Waals surface area contributed by atoms with Crippen LogP contribution < -0.4 is 0 Å². The summed E-state index contributed by atoms with van der Waals surface area (Å²) < 4.78 is 23.5. The van der Waals surface area contributed by atoms with Crippen LogP contribution in [0.2, 0.25) is 5.02 Å². The van der Waals surface area contributed by atoms with Gasteiger partial charge in [-0.05, 0) is 78.7 Å². The fourth-order valence-corrected chi connectivity index (χ4v) is 5.10. The second-order valence-electron chi connectivity index (χ2n) is 9.43. The molecule has 5 rings (SSSR count). The molecule has 1 aliphatic heterocycles. The number of aromatic nitrogens is 5. The summed E-state index contributed by atoms with van der Waals surface area (Å²) in [5, 5.41) is 13.7. The highest BCUT2D eigenvalue weighted by molar-refractivity contribution is 9.10. The number of hydrogen-bond acceptors (Lipinski definition) is 5. The van der Waals surface area contributed by atoms with Crippen LogP contribution >= 0.6 is 27.5 Å². The fraction of sp³-hybridized carbons (Fsp3) is 0.333. The fourth-order valence-electron chi connectivity index (χ4n) is 4.58. The first-order chi connectivity index (χ1) is 18.2. The minimum absolute atomic E-state index is 0.0459. The number of rotatable bonds is 6. The summed E-state index contributed by atoms with van der Waals surface area (Å²) in [6.07, 6.45) is 2.21. The number of halogens is 3. The van der Waals surface area contributed by atoms with Gasteiger partial charge in [0.25, 0.3) is 5.91 Å². The van der Waals surface area contributed by atoms with Gasteiger partial charge in [-0.2, -0.15) is 5.10 Å². The third-order valence-corrected chi connectivity index (χ3v) is 7.96. The lowest BCUT2D eigenvalue weighted by atomic mass is 10.1. The molecule has 1 aliphatic rings. The van der Waals surface area contributed by atoms with Crippen LogP contribution in [0.4, 0.5) is 4.39 Å². The molecule has 38 heavy (non-hydrogen) atoms. The minimum atomic E-state index is -0.308. The molecular formula is C27H27BrClFN6O2. The van der Waals surface area contributed by atoms with Crippen molar-refractivity contribution < 1.29 is 13.9 Å². The smallest absolute Gasteiger partial charge is 0.254 e. The molecule has 0 spiro atoms. The van der Waals surface area contributed by atoms with Crippen LogP contribution in [-0.4, -0.2) is 61.4 Å². The Morgan fingerprint density at radius 3 is 2.68 bits per heavy atom. The molecule has 11 heteroatoms. The number of hydrogen-bond donors (Lipinski definition) is 0. The van der Waals surface area contributed by atoms with Crippen molar-refractivity contribution in [1.29, 1.82) is 0 Å². The van der Waals surface area contributed by atoms with Crippen molar-refractivity contribution in [2.45, 2.75) is 39.3 Å². The predicted molar refractivity (Wildman–Crippen MR) is 145 cm³/mol. The first kappa shape index (κ1) is 26.5. The largest absolute Gasteiger partial charge is 0.374 e. The highest BCUT2D eigenvalue weighted by atomic mass is 79.9. The van der Waals surface area contributed by atoms with Gasteiger partial charge in [-0.1, -0.05) is 22.9 Å². The van der Waals surface area contributed by atoms with Crippen molar-refractivity contribution in [2.24, 2.45) is 0 Å². The minimum Gasteiger partial charge on any atom is -0.374 e. The zero-order chi connectivity index (χ0) is 27.0. The molecule has 1 unspecified atom stereocenters. The van der Waals surface area contributed by atoms with E-state index in [0.29, 0.717) is 41.2 Å². The SMILES string of the molecule is Cc1nn(-c2ccc(C(=O)N3CCOC(Cc4cn([C@H](C)c5ccc(F)c(Br)c5)nn4)C3)cc2)c(C)c1Cl. The van der Waals surface area contributed by atoms with E-state index in [1.165, 1.54) is 6.07 Å². The van der Waals surface area contributed by atoms with Crippen molar-refractivity contribution >= 4 is 33.4 Å². The van der Waals surface area contributed by atoms with Gasteiger partial charge in [-0.15, -0.1) is 5.10 Å². The van der Waals surface area contributed by atoms with Gasteiger partial charge in [-0.25, -0.2) is 13.8 Å². The second kappa shape index (κ2) is 11.0. The molecule has 0 bridgehead atoms. The molecular weight excluding hydrogens is 575 g/mol. The molecule has 0 saturated carbocycles. The first-order valence-electron chi connectivity index (χ1n) is 12.3. The van der Waals surface area contributed by atoms with Crippen LogP contribution in [0.15, 0.2) is 53.1 Å². The average Bonchev–Trinajstić information content (AvgIpc) is 3.49. The van der Waals surface area contributed by atoms with Crippen LogP contribution in [0.1, 0.15) is 46.0 Å². The lowest BCUT2D eigenvalue weighted by molar-refractivity contribution is -0.0212. The van der Waals surface area contributed by atoms with Crippen molar-refractivity contribution in [2.75, 3.05) is 19.7 Å². The molecule has 0 radical (unpaired) electrons. The Labute approximate surface area is 233 Å². The van der Waals surface area contributed by atoms with Gasteiger partial charge in [-0.3, -0.25) is 4.79 Å². The maximum absolute atomic E-state index is 13.6. The average molecular weight is 602 g/mol. The second-order valence-corrected chi connectivity index (χ2v) is 10.7. The van der Waals surface area contributed by atoms with Crippen molar-refractivity contribution in [1.82, 2.24) is 29.7 Å². The Kier molecular flexibility index (Phi) is 7.65. The monoisotopic (exact) mass is 600 g/mol. The topological polar surface area (TPSA) is 78.1 Å². The van der Waals surface area contributed by atoms with E-state index in [2.05, 4.69) is 31.3 Å².